The van der Waals surface area contributed by atoms with Gasteiger partial charge in [0.1, 0.15) is 0 Å². The summed E-state index contributed by atoms with van der Waals surface area (Å²) in [4.78, 5) is 0. The van der Waals surface area contributed by atoms with E-state index in [0.29, 0.717) is 18.2 Å². The van der Waals surface area contributed by atoms with Gasteiger partial charge in [0.25, 0.3) is 0 Å². The summed E-state index contributed by atoms with van der Waals surface area (Å²) in [5.41, 5.74) is 0. The molecule has 0 aromatic carbocycles. The normalized spacial score (nSPS) is 41.7. The number of hydrogen-bond donors (Lipinski definition) is 1. The van der Waals surface area contributed by atoms with Crippen LogP contribution >= 0.6 is 0 Å². The van der Waals surface area contributed by atoms with Gasteiger partial charge in [-0.15, -0.1) is 0 Å². The van der Waals surface area contributed by atoms with E-state index in [0.717, 1.165) is 12.8 Å². The summed E-state index contributed by atoms with van der Waals surface area (Å²) in [6.07, 6.45) is 3.17. The molecule has 0 aliphatic carbocycles. The van der Waals surface area contributed by atoms with Gasteiger partial charge in [0, 0.05) is 6.04 Å². The average molecular weight is 143 g/mol. The van der Waals surface area contributed by atoms with E-state index in [2.05, 4.69) is 19.2 Å². The molecule has 0 saturated carbocycles. The Kier molecular flexibility index (Phi) is 2.69. The van der Waals surface area contributed by atoms with Crippen LogP contribution in [0.15, 0.2) is 0 Å². The van der Waals surface area contributed by atoms with Crippen LogP contribution in [0.2, 0.25) is 0 Å². The Morgan fingerprint density at radius 3 is 2.10 bits per heavy atom. The highest BCUT2D eigenvalue weighted by Gasteiger charge is 2.22. The third kappa shape index (κ3) is 1.96. The largest absolute Gasteiger partial charge is 0.375 e. The van der Waals surface area contributed by atoms with Crippen molar-refractivity contribution in [2.75, 3.05) is 7.05 Å². The molecule has 60 valence electrons. The van der Waals surface area contributed by atoms with Crippen LogP contribution in [0.3, 0.4) is 0 Å². The van der Waals surface area contributed by atoms with Gasteiger partial charge in [0.2, 0.25) is 0 Å². The van der Waals surface area contributed by atoms with E-state index in [1.807, 2.05) is 7.05 Å². The number of hydrogen-bond acceptors (Lipinski definition) is 2. The second kappa shape index (κ2) is 3.35. The maximum atomic E-state index is 5.58. The fourth-order valence-electron chi connectivity index (χ4n) is 1.64. The lowest BCUT2D eigenvalue weighted by molar-refractivity contribution is -0.0409. The Labute approximate surface area is 63.0 Å². The minimum Gasteiger partial charge on any atom is -0.375 e. The van der Waals surface area contributed by atoms with Gasteiger partial charge in [-0.25, -0.2) is 0 Å². The summed E-state index contributed by atoms with van der Waals surface area (Å²) in [6.45, 7) is 4.28. The van der Waals surface area contributed by atoms with E-state index < -0.39 is 0 Å². The molecule has 0 radical (unpaired) electrons. The highest BCUT2D eigenvalue weighted by atomic mass is 16.5. The van der Waals surface area contributed by atoms with E-state index in [1.165, 1.54) is 0 Å². The molecule has 0 aromatic rings. The maximum absolute atomic E-state index is 5.58. The summed E-state index contributed by atoms with van der Waals surface area (Å²) >= 11 is 0. The number of ether oxygens (including phenoxy) is 1. The lowest BCUT2D eigenvalue weighted by Gasteiger charge is -2.31. The van der Waals surface area contributed by atoms with Crippen LogP contribution in [0, 0.1) is 0 Å². The zero-order valence-electron chi connectivity index (χ0n) is 7.05. The van der Waals surface area contributed by atoms with Crippen molar-refractivity contribution in [2.45, 2.75) is 44.9 Å². The quantitative estimate of drug-likeness (QED) is 0.594. The van der Waals surface area contributed by atoms with E-state index in [-0.39, 0.29) is 0 Å². The minimum atomic E-state index is 0.432. The molecule has 2 nitrogen and oxygen atoms in total. The van der Waals surface area contributed by atoms with E-state index in [4.69, 9.17) is 4.74 Å². The molecule has 1 heterocycles. The second-order valence-corrected chi connectivity index (χ2v) is 3.21. The summed E-state index contributed by atoms with van der Waals surface area (Å²) in [5, 5.41) is 3.28. The van der Waals surface area contributed by atoms with Crippen molar-refractivity contribution < 1.29 is 4.74 Å². The topological polar surface area (TPSA) is 21.3 Å². The first-order chi connectivity index (χ1) is 4.72. The molecule has 3 atom stereocenters. The Balaban J connectivity index is 2.35. The number of nitrogens with one attached hydrogen (secondary N) is 1. The first kappa shape index (κ1) is 8.02. The van der Waals surface area contributed by atoms with E-state index in [9.17, 15) is 0 Å². The van der Waals surface area contributed by atoms with Gasteiger partial charge in [0.15, 0.2) is 0 Å². The molecule has 0 spiro atoms. The van der Waals surface area contributed by atoms with Gasteiger partial charge in [-0.2, -0.15) is 0 Å². The zero-order chi connectivity index (χ0) is 7.56. The Hall–Kier alpha value is -0.0800. The summed E-state index contributed by atoms with van der Waals surface area (Å²) < 4.78 is 5.58. The van der Waals surface area contributed by atoms with Crippen LogP contribution in [0.25, 0.3) is 0 Å². The van der Waals surface area contributed by atoms with Crippen LogP contribution in [0.4, 0.5) is 0 Å². The Morgan fingerprint density at radius 2 is 1.70 bits per heavy atom. The van der Waals surface area contributed by atoms with Gasteiger partial charge in [-0.05, 0) is 33.7 Å². The Bertz CT molecular complexity index is 95.4. The SMILES string of the molecule is CN[C@H]1C[C@@H](C)O[C@@H](C)C1. The van der Waals surface area contributed by atoms with Crippen molar-refractivity contribution in [1.29, 1.82) is 0 Å². The van der Waals surface area contributed by atoms with Gasteiger partial charge in [-0.1, -0.05) is 0 Å². The lowest BCUT2D eigenvalue weighted by atomic mass is 10.0. The molecule has 1 aliphatic heterocycles. The fourth-order valence-corrected chi connectivity index (χ4v) is 1.64. The highest BCUT2D eigenvalue weighted by Crippen LogP contribution is 2.18. The maximum Gasteiger partial charge on any atom is 0.0565 e. The van der Waals surface area contributed by atoms with Crippen LogP contribution in [-0.2, 0) is 4.74 Å². The van der Waals surface area contributed by atoms with E-state index >= 15 is 0 Å². The van der Waals surface area contributed by atoms with Crippen molar-refractivity contribution >= 4 is 0 Å². The second-order valence-electron chi connectivity index (χ2n) is 3.21. The fraction of sp³-hybridized carbons (Fsp3) is 1.00. The van der Waals surface area contributed by atoms with Gasteiger partial charge < -0.3 is 10.1 Å². The number of rotatable bonds is 1. The third-order valence-electron chi connectivity index (χ3n) is 2.11. The highest BCUT2D eigenvalue weighted by molar-refractivity contribution is 4.76. The van der Waals surface area contributed by atoms with Crippen molar-refractivity contribution in [3.05, 3.63) is 0 Å². The molecular weight excluding hydrogens is 126 g/mol. The van der Waals surface area contributed by atoms with Crippen molar-refractivity contribution in [3.8, 4) is 0 Å². The van der Waals surface area contributed by atoms with Crippen LogP contribution in [-0.4, -0.2) is 25.3 Å². The summed E-state index contributed by atoms with van der Waals surface area (Å²) in [5.74, 6) is 0. The molecular formula is C8H17NO. The van der Waals surface area contributed by atoms with Crippen molar-refractivity contribution in [1.82, 2.24) is 5.32 Å². The monoisotopic (exact) mass is 143 g/mol. The van der Waals surface area contributed by atoms with Crippen LogP contribution in [0.1, 0.15) is 26.7 Å². The molecule has 0 aromatic heterocycles. The molecule has 1 N–H and O–H groups in total. The van der Waals surface area contributed by atoms with E-state index in [1.54, 1.807) is 0 Å². The van der Waals surface area contributed by atoms with Gasteiger partial charge >= 0.3 is 0 Å². The first-order valence-electron chi connectivity index (χ1n) is 4.05. The molecule has 0 unspecified atom stereocenters. The molecule has 1 aliphatic rings. The van der Waals surface area contributed by atoms with Crippen LogP contribution in [0.5, 0.6) is 0 Å². The minimum absolute atomic E-state index is 0.432. The molecule has 1 fully saturated rings. The molecule has 0 bridgehead atoms. The predicted octanol–water partition coefficient (Wildman–Crippen LogP) is 1.16. The van der Waals surface area contributed by atoms with Crippen molar-refractivity contribution in [2.24, 2.45) is 0 Å². The smallest absolute Gasteiger partial charge is 0.0565 e. The average Bonchev–Trinajstić information content (AvgIpc) is 1.85. The zero-order valence-corrected chi connectivity index (χ0v) is 7.05. The third-order valence-corrected chi connectivity index (χ3v) is 2.11. The first-order valence-corrected chi connectivity index (χ1v) is 4.05. The van der Waals surface area contributed by atoms with Crippen LogP contribution < -0.4 is 5.32 Å². The molecule has 10 heavy (non-hydrogen) atoms. The predicted molar refractivity (Wildman–Crippen MR) is 42.1 cm³/mol. The Morgan fingerprint density at radius 1 is 1.20 bits per heavy atom. The van der Waals surface area contributed by atoms with Gasteiger partial charge in [-0.3, -0.25) is 0 Å². The lowest BCUT2D eigenvalue weighted by Crippen LogP contribution is -2.39. The summed E-state index contributed by atoms with van der Waals surface area (Å²) in [7, 11) is 2.02. The molecule has 1 saturated heterocycles. The molecule has 0 amide bonds. The standard InChI is InChI=1S/C8H17NO/c1-6-4-8(9-3)5-7(2)10-6/h6-9H,4-5H2,1-3H3/t6-,7+,8+. The van der Waals surface area contributed by atoms with Gasteiger partial charge in [0.05, 0.1) is 12.2 Å². The van der Waals surface area contributed by atoms with Crippen molar-refractivity contribution in [3.63, 3.8) is 0 Å². The molecule has 1 rings (SSSR count). The molecule has 2 heteroatoms. The summed E-state index contributed by atoms with van der Waals surface area (Å²) in [6, 6.07) is 0.666.